The van der Waals surface area contributed by atoms with Crippen molar-refractivity contribution in [1.82, 2.24) is 10.3 Å². The van der Waals surface area contributed by atoms with Gasteiger partial charge in [0.1, 0.15) is 0 Å². The van der Waals surface area contributed by atoms with Crippen molar-refractivity contribution in [3.05, 3.63) is 39.8 Å². The van der Waals surface area contributed by atoms with Crippen LogP contribution in [0.1, 0.15) is 42.6 Å². The normalized spacial score (nSPS) is 11.8. The minimum Gasteiger partial charge on any atom is -0.493 e. The van der Waals surface area contributed by atoms with Gasteiger partial charge < -0.3 is 14.8 Å². The van der Waals surface area contributed by atoms with Crippen LogP contribution < -0.4 is 14.8 Å². The van der Waals surface area contributed by atoms with Gasteiger partial charge in [0, 0.05) is 11.8 Å². The van der Waals surface area contributed by atoms with E-state index in [1.165, 1.54) is 0 Å². The van der Waals surface area contributed by atoms with Gasteiger partial charge in [-0.15, -0.1) is 11.3 Å². The Labute approximate surface area is 147 Å². The van der Waals surface area contributed by atoms with Gasteiger partial charge in [0.2, 0.25) is 5.91 Å². The first-order valence-electron chi connectivity index (χ1n) is 8.04. The molecule has 0 bridgehead atoms. The van der Waals surface area contributed by atoms with Crippen molar-refractivity contribution in [2.24, 2.45) is 0 Å². The number of methoxy groups -OCH3 is 1. The summed E-state index contributed by atoms with van der Waals surface area (Å²) in [6.45, 7) is 6.43. The first kappa shape index (κ1) is 18.3. The minimum absolute atomic E-state index is 0.0148. The molecule has 5 nitrogen and oxygen atoms in total. The third kappa shape index (κ3) is 4.96. The van der Waals surface area contributed by atoms with Gasteiger partial charge in [0.15, 0.2) is 11.5 Å². The van der Waals surface area contributed by atoms with Crippen molar-refractivity contribution < 1.29 is 14.3 Å². The number of carbonyl (C=O) groups is 1. The van der Waals surface area contributed by atoms with Crippen LogP contribution in [-0.4, -0.2) is 24.6 Å². The Morgan fingerprint density at radius 3 is 2.79 bits per heavy atom. The predicted octanol–water partition coefficient (Wildman–Crippen LogP) is 3.67. The molecule has 0 aliphatic heterocycles. The molecule has 2 rings (SSSR count). The summed E-state index contributed by atoms with van der Waals surface area (Å²) in [7, 11) is 1.62. The largest absolute Gasteiger partial charge is 0.493 e. The van der Waals surface area contributed by atoms with Crippen LogP contribution in [0.25, 0.3) is 0 Å². The third-order valence-electron chi connectivity index (χ3n) is 3.63. The number of rotatable bonds is 8. The first-order valence-corrected chi connectivity index (χ1v) is 8.92. The third-order valence-corrected chi connectivity index (χ3v) is 4.42. The Kier molecular flexibility index (Phi) is 6.61. The van der Waals surface area contributed by atoms with Crippen LogP contribution in [0.4, 0.5) is 0 Å². The SMILES string of the molecule is CCOc1ccc(CCC(=O)NC(C)c2csc(C)n2)cc1OC. The Hall–Kier alpha value is -2.08. The van der Waals surface area contributed by atoms with Crippen LogP contribution in [-0.2, 0) is 11.2 Å². The molecule has 0 aliphatic carbocycles. The molecule has 0 radical (unpaired) electrons. The number of nitrogens with one attached hydrogen (secondary N) is 1. The molecule has 6 heteroatoms. The van der Waals surface area contributed by atoms with E-state index in [0.29, 0.717) is 25.2 Å². The lowest BCUT2D eigenvalue weighted by molar-refractivity contribution is -0.121. The lowest BCUT2D eigenvalue weighted by Gasteiger charge is -2.13. The highest BCUT2D eigenvalue weighted by Gasteiger charge is 2.13. The van der Waals surface area contributed by atoms with Crippen molar-refractivity contribution in [2.75, 3.05) is 13.7 Å². The predicted molar refractivity (Wildman–Crippen MR) is 95.9 cm³/mol. The van der Waals surface area contributed by atoms with Gasteiger partial charge >= 0.3 is 0 Å². The van der Waals surface area contributed by atoms with Crippen LogP contribution in [0.5, 0.6) is 11.5 Å². The summed E-state index contributed by atoms with van der Waals surface area (Å²) in [5.41, 5.74) is 1.95. The smallest absolute Gasteiger partial charge is 0.220 e. The van der Waals surface area contributed by atoms with Gasteiger partial charge in [-0.2, -0.15) is 0 Å². The standard InChI is InChI=1S/C18H24N2O3S/c1-5-23-16-8-6-14(10-17(16)22-4)7-9-18(21)19-12(2)15-11-24-13(3)20-15/h6,8,10-12H,5,7,9H2,1-4H3,(H,19,21). The molecule has 0 aliphatic rings. The Bertz CT molecular complexity index is 685. The van der Waals surface area contributed by atoms with Crippen LogP contribution in [0.3, 0.4) is 0 Å². The molecule has 1 atom stereocenters. The fourth-order valence-corrected chi connectivity index (χ4v) is 3.07. The summed E-state index contributed by atoms with van der Waals surface area (Å²) < 4.78 is 10.8. The highest BCUT2D eigenvalue weighted by molar-refractivity contribution is 7.09. The summed E-state index contributed by atoms with van der Waals surface area (Å²) in [6.07, 6.45) is 1.07. The number of hydrogen-bond acceptors (Lipinski definition) is 5. The van der Waals surface area contributed by atoms with Gasteiger partial charge in [0.25, 0.3) is 0 Å². The Balaban J connectivity index is 1.89. The second kappa shape index (κ2) is 8.68. The second-order valence-corrected chi connectivity index (χ2v) is 6.56. The van der Waals surface area contributed by atoms with E-state index in [2.05, 4.69) is 10.3 Å². The molecule has 0 fully saturated rings. The zero-order valence-electron chi connectivity index (χ0n) is 14.6. The summed E-state index contributed by atoms with van der Waals surface area (Å²) in [5.74, 6) is 1.43. The average Bonchev–Trinajstić information content (AvgIpc) is 3.00. The second-order valence-electron chi connectivity index (χ2n) is 5.50. The van der Waals surface area contributed by atoms with Crippen LogP contribution >= 0.6 is 11.3 Å². The average molecular weight is 348 g/mol. The molecule has 2 aromatic rings. The fraction of sp³-hybridized carbons (Fsp3) is 0.444. The first-order chi connectivity index (χ1) is 11.5. The monoisotopic (exact) mass is 348 g/mol. The maximum atomic E-state index is 12.1. The molecule has 24 heavy (non-hydrogen) atoms. The van der Waals surface area contributed by atoms with Crippen LogP contribution in [0.15, 0.2) is 23.6 Å². The van der Waals surface area contributed by atoms with E-state index in [9.17, 15) is 4.79 Å². The lowest BCUT2D eigenvalue weighted by atomic mass is 10.1. The zero-order valence-corrected chi connectivity index (χ0v) is 15.4. The number of ether oxygens (including phenoxy) is 2. The molecular formula is C18H24N2O3S. The maximum Gasteiger partial charge on any atom is 0.220 e. The molecule has 0 saturated carbocycles. The highest BCUT2D eigenvalue weighted by Crippen LogP contribution is 2.28. The Morgan fingerprint density at radius 1 is 1.38 bits per heavy atom. The van der Waals surface area contributed by atoms with Gasteiger partial charge in [-0.05, 0) is 44.9 Å². The number of hydrogen-bond donors (Lipinski definition) is 1. The molecule has 0 saturated heterocycles. The summed E-state index contributed by atoms with van der Waals surface area (Å²) >= 11 is 1.59. The maximum absolute atomic E-state index is 12.1. The van der Waals surface area contributed by atoms with Gasteiger partial charge in [-0.3, -0.25) is 4.79 Å². The molecule has 0 spiro atoms. The Morgan fingerprint density at radius 2 is 2.17 bits per heavy atom. The van der Waals surface area contributed by atoms with Gasteiger partial charge in [0.05, 0.1) is 30.5 Å². The number of nitrogens with zero attached hydrogens (tertiary/aromatic N) is 1. The van der Waals surface area contributed by atoms with Crippen LogP contribution in [0.2, 0.25) is 0 Å². The van der Waals surface area contributed by atoms with Crippen molar-refractivity contribution >= 4 is 17.2 Å². The molecule has 1 aromatic carbocycles. The molecule has 1 aromatic heterocycles. The number of thiazole rings is 1. The van der Waals surface area contributed by atoms with E-state index in [1.807, 2.05) is 44.4 Å². The van der Waals surface area contributed by atoms with Crippen molar-refractivity contribution in [1.29, 1.82) is 0 Å². The van der Waals surface area contributed by atoms with Crippen molar-refractivity contribution in [2.45, 2.75) is 39.7 Å². The quantitative estimate of drug-likeness (QED) is 0.791. The lowest BCUT2D eigenvalue weighted by Crippen LogP contribution is -2.27. The zero-order chi connectivity index (χ0) is 17.5. The van der Waals surface area contributed by atoms with Gasteiger partial charge in [-0.1, -0.05) is 6.07 Å². The molecular weight excluding hydrogens is 324 g/mol. The van der Waals surface area contributed by atoms with E-state index in [-0.39, 0.29) is 11.9 Å². The van der Waals surface area contributed by atoms with Crippen molar-refractivity contribution in [3.63, 3.8) is 0 Å². The van der Waals surface area contributed by atoms with Gasteiger partial charge in [-0.25, -0.2) is 4.98 Å². The summed E-state index contributed by atoms with van der Waals surface area (Å²) in [5, 5.41) is 5.98. The molecule has 130 valence electrons. The summed E-state index contributed by atoms with van der Waals surface area (Å²) in [6, 6.07) is 5.70. The molecule has 1 heterocycles. The highest BCUT2D eigenvalue weighted by atomic mass is 32.1. The number of benzene rings is 1. The van der Waals surface area contributed by atoms with E-state index in [4.69, 9.17) is 9.47 Å². The van der Waals surface area contributed by atoms with E-state index in [0.717, 1.165) is 22.0 Å². The number of carbonyl (C=O) groups excluding carboxylic acids is 1. The topological polar surface area (TPSA) is 60.5 Å². The minimum atomic E-state index is -0.0719. The molecule has 1 unspecified atom stereocenters. The summed E-state index contributed by atoms with van der Waals surface area (Å²) in [4.78, 5) is 16.5. The molecule has 1 amide bonds. The van der Waals surface area contributed by atoms with E-state index < -0.39 is 0 Å². The number of aromatic nitrogens is 1. The van der Waals surface area contributed by atoms with E-state index in [1.54, 1.807) is 18.4 Å². The van der Waals surface area contributed by atoms with E-state index >= 15 is 0 Å². The number of aryl methyl sites for hydroxylation is 2. The molecule has 1 N–H and O–H groups in total. The van der Waals surface area contributed by atoms with Crippen LogP contribution in [0, 0.1) is 6.92 Å². The van der Waals surface area contributed by atoms with Crippen molar-refractivity contribution in [3.8, 4) is 11.5 Å². The fourth-order valence-electron chi connectivity index (χ4n) is 2.37. The number of amides is 1.